The maximum atomic E-state index is 10.8. The van der Waals surface area contributed by atoms with Gasteiger partial charge in [-0.15, -0.1) is 22.7 Å². The molecule has 3 heterocycles. The Kier molecular flexibility index (Phi) is 3.56. The summed E-state index contributed by atoms with van der Waals surface area (Å²) in [6, 6.07) is 3.77. The fourth-order valence-electron chi connectivity index (χ4n) is 1.65. The lowest BCUT2D eigenvalue weighted by Crippen LogP contribution is -2.00. The van der Waals surface area contributed by atoms with E-state index in [0.29, 0.717) is 6.54 Å². The summed E-state index contributed by atoms with van der Waals surface area (Å²) in [5.74, 6) is -0.982. The summed E-state index contributed by atoms with van der Waals surface area (Å²) < 4.78 is 2.29. The lowest BCUT2D eigenvalue weighted by atomic mass is 10.4. The van der Waals surface area contributed by atoms with Gasteiger partial charge in [0, 0.05) is 11.6 Å². The van der Waals surface area contributed by atoms with Crippen molar-refractivity contribution in [1.82, 2.24) is 14.8 Å². The van der Waals surface area contributed by atoms with Crippen LogP contribution in [0, 0.1) is 0 Å². The minimum atomic E-state index is -0.982. The molecule has 8 heteroatoms. The van der Waals surface area contributed by atoms with Gasteiger partial charge in [0.15, 0.2) is 0 Å². The fraction of sp³-hybridized carbons (Fsp3) is 0.0833. The van der Waals surface area contributed by atoms with Gasteiger partial charge in [-0.25, -0.2) is 9.78 Å². The molecule has 0 spiro atoms. The Morgan fingerprint density at radius 1 is 1.45 bits per heavy atom. The molecular formula is C12H8ClN3O2S2. The molecule has 0 fully saturated rings. The van der Waals surface area contributed by atoms with Crippen LogP contribution in [-0.2, 0) is 6.54 Å². The monoisotopic (exact) mass is 325 g/mol. The third-order valence-corrected chi connectivity index (χ3v) is 4.64. The molecular weight excluding hydrogens is 318 g/mol. The number of nitrogens with zero attached hydrogens (tertiary/aromatic N) is 3. The molecule has 0 radical (unpaired) electrons. The number of carbonyl (C=O) groups is 1. The van der Waals surface area contributed by atoms with Crippen molar-refractivity contribution in [2.75, 3.05) is 0 Å². The highest BCUT2D eigenvalue weighted by Crippen LogP contribution is 2.31. The molecule has 3 rings (SSSR count). The van der Waals surface area contributed by atoms with Crippen LogP contribution in [0.25, 0.3) is 10.6 Å². The van der Waals surface area contributed by atoms with Gasteiger partial charge in [0.2, 0.25) is 0 Å². The number of hydrogen-bond acceptors (Lipinski definition) is 5. The first kappa shape index (κ1) is 13.3. The van der Waals surface area contributed by atoms with Crippen LogP contribution in [0.5, 0.6) is 0 Å². The van der Waals surface area contributed by atoms with E-state index in [1.807, 2.05) is 17.5 Å². The van der Waals surface area contributed by atoms with Crippen molar-refractivity contribution in [3.63, 3.8) is 0 Å². The van der Waals surface area contributed by atoms with Crippen molar-refractivity contribution in [3.8, 4) is 10.6 Å². The molecule has 3 aromatic rings. The van der Waals surface area contributed by atoms with Crippen LogP contribution in [-0.4, -0.2) is 25.8 Å². The molecule has 0 atom stereocenters. The Balaban J connectivity index is 1.78. The maximum Gasteiger partial charge on any atom is 0.338 e. The second-order valence-electron chi connectivity index (χ2n) is 3.96. The highest BCUT2D eigenvalue weighted by Gasteiger charge is 2.10. The van der Waals surface area contributed by atoms with Gasteiger partial charge < -0.3 is 5.11 Å². The third kappa shape index (κ3) is 2.74. The number of hydrogen-bond donors (Lipinski definition) is 1. The Hall–Kier alpha value is -1.70. The predicted octanol–water partition coefficient (Wildman–Crippen LogP) is 3.47. The molecule has 0 aliphatic carbocycles. The average molecular weight is 326 g/mol. The van der Waals surface area contributed by atoms with E-state index in [1.165, 1.54) is 35.1 Å². The molecule has 0 bridgehead atoms. The van der Waals surface area contributed by atoms with E-state index in [-0.39, 0.29) is 5.56 Å². The smallest absolute Gasteiger partial charge is 0.338 e. The van der Waals surface area contributed by atoms with Crippen molar-refractivity contribution < 1.29 is 9.90 Å². The van der Waals surface area contributed by atoms with Crippen LogP contribution >= 0.6 is 34.3 Å². The molecule has 0 aliphatic rings. The summed E-state index contributed by atoms with van der Waals surface area (Å²) in [4.78, 5) is 16.3. The first-order valence-corrected chi connectivity index (χ1v) is 7.65. The number of aromatic nitrogens is 3. The second-order valence-corrected chi connectivity index (χ2v) is 6.62. The third-order valence-electron chi connectivity index (χ3n) is 2.55. The molecule has 102 valence electrons. The van der Waals surface area contributed by atoms with E-state index in [4.69, 9.17) is 16.7 Å². The summed E-state index contributed by atoms with van der Waals surface area (Å²) in [6.45, 7) is 0.455. The van der Waals surface area contributed by atoms with Crippen LogP contribution in [0.2, 0.25) is 4.34 Å². The van der Waals surface area contributed by atoms with Gasteiger partial charge in [-0.3, -0.25) is 4.68 Å². The molecule has 1 N–H and O–H groups in total. The van der Waals surface area contributed by atoms with Gasteiger partial charge in [0.05, 0.1) is 33.2 Å². The molecule has 0 amide bonds. The van der Waals surface area contributed by atoms with Gasteiger partial charge in [0.25, 0.3) is 0 Å². The lowest BCUT2D eigenvalue weighted by Gasteiger charge is -1.96. The molecule has 0 aliphatic heterocycles. The highest BCUT2D eigenvalue weighted by atomic mass is 35.5. The molecule has 3 aromatic heterocycles. The molecule has 20 heavy (non-hydrogen) atoms. The van der Waals surface area contributed by atoms with Gasteiger partial charge >= 0.3 is 5.97 Å². The molecule has 5 nitrogen and oxygen atoms in total. The number of aromatic carboxylic acids is 1. The summed E-state index contributed by atoms with van der Waals surface area (Å²) in [5, 5.41) is 15.7. The summed E-state index contributed by atoms with van der Waals surface area (Å²) in [6.07, 6.45) is 2.82. The minimum Gasteiger partial charge on any atom is -0.478 e. The number of carboxylic acids is 1. The average Bonchev–Trinajstić information content (AvgIpc) is 3.09. The standard InChI is InChI=1S/C12H8ClN3O2S2/c13-10-2-1-9(20-10)8-6-19-11(15-8)5-16-4-7(3-14-16)12(17)18/h1-4,6H,5H2,(H,17,18). The van der Waals surface area contributed by atoms with Crippen LogP contribution < -0.4 is 0 Å². The molecule has 0 unspecified atom stereocenters. The lowest BCUT2D eigenvalue weighted by molar-refractivity contribution is 0.0697. The molecule has 0 saturated carbocycles. The van der Waals surface area contributed by atoms with Crippen LogP contribution in [0.15, 0.2) is 29.9 Å². The van der Waals surface area contributed by atoms with Crippen molar-refractivity contribution >= 4 is 40.2 Å². The zero-order chi connectivity index (χ0) is 14.1. The summed E-state index contributed by atoms with van der Waals surface area (Å²) >= 11 is 8.89. The fourth-order valence-corrected chi connectivity index (χ4v) is 3.51. The Morgan fingerprint density at radius 3 is 2.95 bits per heavy atom. The number of thiophene rings is 1. The summed E-state index contributed by atoms with van der Waals surface area (Å²) in [5.41, 5.74) is 1.05. The first-order valence-electron chi connectivity index (χ1n) is 5.57. The van der Waals surface area contributed by atoms with Crippen molar-refractivity contribution in [2.24, 2.45) is 0 Å². The topological polar surface area (TPSA) is 68.0 Å². The Bertz CT molecular complexity index is 762. The number of halogens is 1. The van der Waals surface area contributed by atoms with Crippen LogP contribution in [0.3, 0.4) is 0 Å². The predicted molar refractivity (Wildman–Crippen MR) is 78.7 cm³/mol. The van der Waals surface area contributed by atoms with E-state index in [2.05, 4.69) is 10.1 Å². The number of rotatable bonds is 4. The molecule has 0 aromatic carbocycles. The maximum absolute atomic E-state index is 10.8. The van der Waals surface area contributed by atoms with E-state index < -0.39 is 5.97 Å². The first-order chi connectivity index (χ1) is 9.61. The number of thiazole rings is 1. The zero-order valence-electron chi connectivity index (χ0n) is 9.99. The van der Waals surface area contributed by atoms with E-state index in [1.54, 1.807) is 4.68 Å². The van der Waals surface area contributed by atoms with Crippen molar-refractivity contribution in [2.45, 2.75) is 6.54 Å². The largest absolute Gasteiger partial charge is 0.478 e. The van der Waals surface area contributed by atoms with Crippen molar-refractivity contribution in [3.05, 3.63) is 44.8 Å². The Labute approximate surface area is 127 Å². The van der Waals surface area contributed by atoms with E-state index in [0.717, 1.165) is 19.9 Å². The van der Waals surface area contributed by atoms with Gasteiger partial charge in [-0.2, -0.15) is 5.10 Å². The quantitative estimate of drug-likeness (QED) is 0.797. The normalized spacial score (nSPS) is 10.8. The van der Waals surface area contributed by atoms with Crippen LogP contribution in [0.1, 0.15) is 15.4 Å². The van der Waals surface area contributed by atoms with Crippen LogP contribution in [0.4, 0.5) is 0 Å². The van der Waals surface area contributed by atoms with Gasteiger partial charge in [-0.05, 0) is 12.1 Å². The zero-order valence-corrected chi connectivity index (χ0v) is 12.4. The minimum absolute atomic E-state index is 0.173. The van der Waals surface area contributed by atoms with E-state index in [9.17, 15) is 4.79 Å². The van der Waals surface area contributed by atoms with E-state index >= 15 is 0 Å². The van der Waals surface area contributed by atoms with Crippen molar-refractivity contribution in [1.29, 1.82) is 0 Å². The summed E-state index contributed by atoms with van der Waals surface area (Å²) in [7, 11) is 0. The van der Waals surface area contributed by atoms with Gasteiger partial charge in [-0.1, -0.05) is 11.6 Å². The molecule has 0 saturated heterocycles. The highest BCUT2D eigenvalue weighted by molar-refractivity contribution is 7.19. The second kappa shape index (κ2) is 5.35. The van der Waals surface area contributed by atoms with Gasteiger partial charge in [0.1, 0.15) is 5.01 Å². The Morgan fingerprint density at radius 2 is 2.30 bits per heavy atom. The number of carboxylic acid groups (broad SMARTS) is 1. The SMILES string of the molecule is O=C(O)c1cnn(Cc2nc(-c3ccc(Cl)s3)cs2)c1.